The number of rotatable bonds is 6. The molecule has 0 aliphatic rings. The van der Waals surface area contributed by atoms with Gasteiger partial charge in [-0.25, -0.2) is 0 Å². The summed E-state index contributed by atoms with van der Waals surface area (Å²) >= 11 is 0. The third kappa shape index (κ3) is 3.15. The summed E-state index contributed by atoms with van der Waals surface area (Å²) in [5.74, 6) is 0. The van der Waals surface area contributed by atoms with E-state index < -0.39 is 0 Å². The molecule has 1 heterocycles. The molecule has 0 spiro atoms. The minimum absolute atomic E-state index is 0.276. The molecule has 1 aromatic heterocycles. The molecular formula is C15H21N3O. The van der Waals surface area contributed by atoms with Gasteiger partial charge in [0, 0.05) is 37.5 Å². The lowest BCUT2D eigenvalue weighted by molar-refractivity contribution is 0.283. The van der Waals surface area contributed by atoms with E-state index in [2.05, 4.69) is 23.0 Å². The Balaban J connectivity index is 2.18. The number of aromatic nitrogens is 1. The van der Waals surface area contributed by atoms with Gasteiger partial charge in [0.2, 0.25) is 0 Å². The van der Waals surface area contributed by atoms with Crippen molar-refractivity contribution in [2.45, 2.75) is 19.3 Å². The van der Waals surface area contributed by atoms with Crippen LogP contribution in [0.15, 0.2) is 30.5 Å². The molecule has 1 aromatic carbocycles. The normalized spacial score (nSPS) is 10.8. The Morgan fingerprint density at radius 3 is 2.84 bits per heavy atom. The average molecular weight is 259 g/mol. The van der Waals surface area contributed by atoms with Gasteiger partial charge in [0.15, 0.2) is 0 Å². The molecule has 4 heteroatoms. The van der Waals surface area contributed by atoms with Crippen LogP contribution in [-0.4, -0.2) is 30.3 Å². The van der Waals surface area contributed by atoms with Crippen LogP contribution in [0.3, 0.4) is 0 Å². The second-order valence-corrected chi connectivity index (χ2v) is 4.78. The van der Waals surface area contributed by atoms with Gasteiger partial charge in [0.05, 0.1) is 11.2 Å². The van der Waals surface area contributed by atoms with E-state index in [-0.39, 0.29) is 6.61 Å². The molecule has 4 nitrogen and oxygen atoms in total. The van der Waals surface area contributed by atoms with Gasteiger partial charge in [-0.2, -0.15) is 0 Å². The van der Waals surface area contributed by atoms with Crippen LogP contribution in [-0.2, 0) is 0 Å². The smallest absolute Gasteiger partial charge is 0.0951 e. The van der Waals surface area contributed by atoms with Gasteiger partial charge in [-0.05, 0) is 43.5 Å². The van der Waals surface area contributed by atoms with Crippen LogP contribution in [0.5, 0.6) is 0 Å². The van der Waals surface area contributed by atoms with E-state index in [1.807, 2.05) is 18.2 Å². The fraction of sp³-hybridized carbons (Fsp3) is 0.400. The Hall–Kier alpha value is -1.81. The van der Waals surface area contributed by atoms with Gasteiger partial charge in [-0.15, -0.1) is 0 Å². The lowest BCUT2D eigenvalue weighted by atomic mass is 10.1. The molecule has 0 saturated carbocycles. The largest absolute Gasteiger partial charge is 0.397 e. The molecule has 0 radical (unpaired) electrons. The number of aliphatic hydroxyl groups is 1. The van der Waals surface area contributed by atoms with Crippen molar-refractivity contribution in [3.05, 3.63) is 30.5 Å². The summed E-state index contributed by atoms with van der Waals surface area (Å²) in [7, 11) is 2.08. The average Bonchev–Trinajstić information content (AvgIpc) is 2.44. The number of anilines is 2. The van der Waals surface area contributed by atoms with Gasteiger partial charge < -0.3 is 15.7 Å². The summed E-state index contributed by atoms with van der Waals surface area (Å²) in [6.07, 6.45) is 4.76. The SMILES string of the molecule is CN(CCCCCO)c1ccc(N)c2ncccc12. The quantitative estimate of drug-likeness (QED) is 0.618. The number of hydrogen-bond donors (Lipinski definition) is 2. The van der Waals surface area contributed by atoms with Crippen LogP contribution in [0.2, 0.25) is 0 Å². The number of aliphatic hydroxyl groups excluding tert-OH is 1. The summed E-state index contributed by atoms with van der Waals surface area (Å²) in [6, 6.07) is 7.95. The van der Waals surface area contributed by atoms with E-state index >= 15 is 0 Å². The number of hydrogen-bond acceptors (Lipinski definition) is 4. The van der Waals surface area contributed by atoms with Crippen LogP contribution in [0.25, 0.3) is 10.9 Å². The van der Waals surface area contributed by atoms with E-state index in [0.717, 1.165) is 42.4 Å². The first-order valence-electron chi connectivity index (χ1n) is 6.69. The van der Waals surface area contributed by atoms with E-state index in [4.69, 9.17) is 10.8 Å². The minimum atomic E-state index is 0.276. The minimum Gasteiger partial charge on any atom is -0.397 e. The molecule has 0 saturated heterocycles. The van der Waals surface area contributed by atoms with Crippen molar-refractivity contribution >= 4 is 22.3 Å². The predicted molar refractivity (Wildman–Crippen MR) is 80.4 cm³/mol. The molecule has 19 heavy (non-hydrogen) atoms. The highest BCUT2D eigenvalue weighted by atomic mass is 16.2. The number of nitrogen functional groups attached to an aromatic ring is 1. The summed E-state index contributed by atoms with van der Waals surface area (Å²) in [5.41, 5.74) is 8.69. The van der Waals surface area contributed by atoms with E-state index in [9.17, 15) is 0 Å². The lowest BCUT2D eigenvalue weighted by Gasteiger charge is -2.21. The van der Waals surface area contributed by atoms with Crippen molar-refractivity contribution in [2.75, 3.05) is 30.8 Å². The predicted octanol–water partition coefficient (Wildman–Crippen LogP) is 2.42. The number of pyridine rings is 1. The number of unbranched alkanes of at least 4 members (excludes halogenated alkanes) is 2. The molecule has 0 amide bonds. The first-order valence-corrected chi connectivity index (χ1v) is 6.69. The molecule has 102 valence electrons. The van der Waals surface area contributed by atoms with Crippen molar-refractivity contribution < 1.29 is 5.11 Å². The zero-order chi connectivity index (χ0) is 13.7. The maximum Gasteiger partial charge on any atom is 0.0951 e. The monoisotopic (exact) mass is 259 g/mol. The van der Waals surface area contributed by atoms with Crippen LogP contribution < -0.4 is 10.6 Å². The van der Waals surface area contributed by atoms with Crippen molar-refractivity contribution in [3.8, 4) is 0 Å². The van der Waals surface area contributed by atoms with Crippen LogP contribution >= 0.6 is 0 Å². The Labute approximate surface area is 113 Å². The van der Waals surface area contributed by atoms with Crippen molar-refractivity contribution in [1.29, 1.82) is 0 Å². The van der Waals surface area contributed by atoms with Crippen LogP contribution in [0, 0.1) is 0 Å². The molecule has 0 unspecified atom stereocenters. The maximum absolute atomic E-state index is 8.78. The number of fused-ring (bicyclic) bond motifs is 1. The number of benzene rings is 1. The second kappa shape index (κ2) is 6.38. The Bertz CT molecular complexity index is 542. The highest BCUT2D eigenvalue weighted by Crippen LogP contribution is 2.28. The van der Waals surface area contributed by atoms with E-state index in [1.165, 1.54) is 0 Å². The molecule has 3 N–H and O–H groups in total. The van der Waals surface area contributed by atoms with Crippen molar-refractivity contribution in [1.82, 2.24) is 4.98 Å². The van der Waals surface area contributed by atoms with Crippen molar-refractivity contribution in [2.24, 2.45) is 0 Å². The molecule has 0 fully saturated rings. The molecule has 0 bridgehead atoms. The maximum atomic E-state index is 8.78. The zero-order valence-electron chi connectivity index (χ0n) is 11.3. The fourth-order valence-electron chi connectivity index (χ4n) is 2.27. The summed E-state index contributed by atoms with van der Waals surface area (Å²) < 4.78 is 0. The van der Waals surface area contributed by atoms with Crippen LogP contribution in [0.4, 0.5) is 11.4 Å². The molecule has 0 aliphatic carbocycles. The lowest BCUT2D eigenvalue weighted by Crippen LogP contribution is -2.19. The zero-order valence-corrected chi connectivity index (χ0v) is 11.3. The number of nitrogens with zero attached hydrogens (tertiary/aromatic N) is 2. The Morgan fingerprint density at radius 1 is 1.21 bits per heavy atom. The Kier molecular flexibility index (Phi) is 4.58. The van der Waals surface area contributed by atoms with E-state index in [0.29, 0.717) is 5.69 Å². The molecule has 2 aromatic rings. The highest BCUT2D eigenvalue weighted by molar-refractivity contribution is 5.98. The standard InChI is InChI=1S/C15H21N3O/c1-18(10-3-2-4-11-19)14-8-7-13(16)15-12(14)6-5-9-17-15/h5-9,19H,2-4,10-11,16H2,1H3. The van der Waals surface area contributed by atoms with Gasteiger partial charge in [-0.3, -0.25) is 4.98 Å². The first-order chi connectivity index (χ1) is 9.24. The van der Waals surface area contributed by atoms with Gasteiger partial charge in [0.25, 0.3) is 0 Å². The van der Waals surface area contributed by atoms with Gasteiger partial charge >= 0.3 is 0 Å². The van der Waals surface area contributed by atoms with Crippen molar-refractivity contribution in [3.63, 3.8) is 0 Å². The van der Waals surface area contributed by atoms with E-state index in [1.54, 1.807) is 6.20 Å². The molecule has 2 rings (SSSR count). The third-order valence-corrected chi connectivity index (χ3v) is 3.34. The molecule has 0 aliphatic heterocycles. The molecular weight excluding hydrogens is 238 g/mol. The first kappa shape index (κ1) is 13.6. The topological polar surface area (TPSA) is 62.4 Å². The Morgan fingerprint density at radius 2 is 2.05 bits per heavy atom. The third-order valence-electron chi connectivity index (χ3n) is 3.34. The summed E-state index contributed by atoms with van der Waals surface area (Å²) in [5, 5.41) is 9.87. The summed E-state index contributed by atoms with van der Waals surface area (Å²) in [6.45, 7) is 1.24. The number of nitrogens with two attached hydrogens (primary N) is 1. The fourth-order valence-corrected chi connectivity index (χ4v) is 2.27. The van der Waals surface area contributed by atoms with Crippen LogP contribution in [0.1, 0.15) is 19.3 Å². The summed E-state index contributed by atoms with van der Waals surface area (Å²) in [4.78, 5) is 6.57. The van der Waals surface area contributed by atoms with Gasteiger partial charge in [-0.1, -0.05) is 0 Å². The highest BCUT2D eigenvalue weighted by Gasteiger charge is 2.08. The second-order valence-electron chi connectivity index (χ2n) is 4.78. The van der Waals surface area contributed by atoms with Gasteiger partial charge in [0.1, 0.15) is 0 Å². The molecule has 0 atom stereocenters.